The minimum atomic E-state index is -0.135. The molecule has 7 heteroatoms. The first kappa shape index (κ1) is 21.4. The number of hydrogen-bond acceptors (Lipinski definition) is 6. The van der Waals surface area contributed by atoms with Gasteiger partial charge < -0.3 is 14.2 Å². The third kappa shape index (κ3) is 4.44. The number of fused-ring (bicyclic) bond motifs is 1. The van der Waals surface area contributed by atoms with E-state index in [1.165, 1.54) is 0 Å². The quantitative estimate of drug-likeness (QED) is 0.504. The molecular formula is C24H25ClN2O4. The fourth-order valence-electron chi connectivity index (χ4n) is 4.03. The fraction of sp³-hybridized carbons (Fsp3) is 0.375. The Morgan fingerprint density at radius 1 is 1.16 bits per heavy atom. The molecule has 1 aliphatic carbocycles. The Labute approximate surface area is 186 Å². The Bertz CT molecular complexity index is 1090. The zero-order valence-corrected chi connectivity index (χ0v) is 18.6. The standard InChI is InChI=1S/C24H25ClN2O4/c1-14(15-6-4-7-17(28)10-15)31-24-18-8-5-9-26-20(18)13-19(27-24)16-11-21(29-2)23(25)22(12-16)30-3/h5,8-9,11-15H,4,6-7,10H2,1-3H3/t14-,15+/m1/s1. The molecule has 0 unspecified atom stereocenters. The SMILES string of the molecule is COc1cc(-c2cc3ncccc3c(O[C@H](C)[C@H]3CCCC(=O)C3)n2)cc(OC)c1Cl. The van der Waals surface area contributed by atoms with Gasteiger partial charge in [-0.3, -0.25) is 9.78 Å². The molecule has 1 fully saturated rings. The lowest BCUT2D eigenvalue weighted by atomic mass is 9.85. The van der Waals surface area contributed by atoms with Gasteiger partial charge in [-0.25, -0.2) is 4.98 Å². The number of aromatic nitrogens is 2. The van der Waals surface area contributed by atoms with Crippen molar-refractivity contribution in [3.63, 3.8) is 0 Å². The van der Waals surface area contributed by atoms with Crippen LogP contribution in [-0.2, 0) is 4.79 Å². The first-order chi connectivity index (χ1) is 15.0. The Morgan fingerprint density at radius 3 is 2.58 bits per heavy atom. The minimum absolute atomic E-state index is 0.135. The minimum Gasteiger partial charge on any atom is -0.495 e. The molecule has 1 saturated carbocycles. The van der Waals surface area contributed by atoms with Crippen molar-refractivity contribution in [2.24, 2.45) is 5.92 Å². The van der Waals surface area contributed by atoms with E-state index in [9.17, 15) is 4.79 Å². The molecule has 0 N–H and O–H groups in total. The molecular weight excluding hydrogens is 416 g/mol. The maximum Gasteiger partial charge on any atom is 0.223 e. The maximum absolute atomic E-state index is 11.9. The first-order valence-electron chi connectivity index (χ1n) is 10.4. The van der Waals surface area contributed by atoms with E-state index in [0.29, 0.717) is 46.7 Å². The maximum atomic E-state index is 11.9. The van der Waals surface area contributed by atoms with Crippen LogP contribution in [0.4, 0.5) is 0 Å². The average molecular weight is 441 g/mol. The molecule has 6 nitrogen and oxygen atoms in total. The number of nitrogens with zero attached hydrogens (tertiary/aromatic N) is 2. The van der Waals surface area contributed by atoms with Crippen molar-refractivity contribution in [1.29, 1.82) is 0 Å². The molecule has 0 amide bonds. The molecule has 162 valence electrons. The highest BCUT2D eigenvalue weighted by Gasteiger charge is 2.27. The van der Waals surface area contributed by atoms with Crippen molar-refractivity contribution in [2.75, 3.05) is 14.2 Å². The largest absolute Gasteiger partial charge is 0.495 e. The van der Waals surface area contributed by atoms with Crippen LogP contribution < -0.4 is 14.2 Å². The van der Waals surface area contributed by atoms with Gasteiger partial charge in [0.1, 0.15) is 28.4 Å². The predicted octanol–water partition coefficient (Wildman–Crippen LogP) is 5.49. The molecule has 0 spiro atoms. The van der Waals surface area contributed by atoms with Gasteiger partial charge >= 0.3 is 0 Å². The van der Waals surface area contributed by atoms with Gasteiger partial charge in [0, 0.05) is 30.5 Å². The topological polar surface area (TPSA) is 70.5 Å². The van der Waals surface area contributed by atoms with Crippen molar-refractivity contribution < 1.29 is 19.0 Å². The molecule has 2 heterocycles. The van der Waals surface area contributed by atoms with Crippen molar-refractivity contribution in [3.8, 4) is 28.6 Å². The van der Waals surface area contributed by atoms with Crippen LogP contribution in [0.3, 0.4) is 0 Å². The molecule has 0 bridgehead atoms. The van der Waals surface area contributed by atoms with E-state index >= 15 is 0 Å². The Balaban J connectivity index is 1.76. The zero-order valence-electron chi connectivity index (χ0n) is 17.9. The molecule has 0 radical (unpaired) electrons. The predicted molar refractivity (Wildman–Crippen MR) is 120 cm³/mol. The summed E-state index contributed by atoms with van der Waals surface area (Å²) in [6, 6.07) is 9.33. The number of ether oxygens (including phenoxy) is 3. The highest BCUT2D eigenvalue weighted by Crippen LogP contribution is 2.39. The van der Waals surface area contributed by atoms with Gasteiger partial charge in [0.25, 0.3) is 0 Å². The monoisotopic (exact) mass is 440 g/mol. The summed E-state index contributed by atoms with van der Waals surface area (Å²) in [5.74, 6) is 1.99. The molecule has 2 atom stereocenters. The van der Waals surface area contributed by atoms with Crippen LogP contribution >= 0.6 is 11.6 Å². The summed E-state index contributed by atoms with van der Waals surface area (Å²) >= 11 is 6.33. The molecule has 31 heavy (non-hydrogen) atoms. The van der Waals surface area contributed by atoms with E-state index in [4.69, 9.17) is 30.8 Å². The molecule has 4 rings (SSSR count). The van der Waals surface area contributed by atoms with Crippen LogP contribution in [0.5, 0.6) is 17.4 Å². The molecule has 3 aromatic rings. The van der Waals surface area contributed by atoms with Gasteiger partial charge in [0.2, 0.25) is 5.88 Å². The van der Waals surface area contributed by atoms with E-state index < -0.39 is 0 Å². The molecule has 1 aromatic carbocycles. The van der Waals surface area contributed by atoms with E-state index in [1.54, 1.807) is 20.4 Å². The summed E-state index contributed by atoms with van der Waals surface area (Å²) in [4.78, 5) is 21.2. The normalized spacial score (nSPS) is 17.4. The summed E-state index contributed by atoms with van der Waals surface area (Å²) in [6.45, 7) is 2.01. The number of benzene rings is 1. The molecule has 0 saturated heterocycles. The second-order valence-corrected chi connectivity index (χ2v) is 8.17. The lowest BCUT2D eigenvalue weighted by Crippen LogP contribution is -2.29. The van der Waals surface area contributed by atoms with Gasteiger partial charge in [0.05, 0.1) is 30.8 Å². The van der Waals surface area contributed by atoms with Crippen molar-refractivity contribution in [2.45, 2.75) is 38.7 Å². The molecule has 0 aliphatic heterocycles. The summed E-state index contributed by atoms with van der Waals surface area (Å²) in [7, 11) is 3.11. The van der Waals surface area contributed by atoms with Crippen LogP contribution in [-0.4, -0.2) is 36.1 Å². The number of ketones is 1. The number of pyridine rings is 2. The van der Waals surface area contributed by atoms with E-state index in [-0.39, 0.29) is 12.0 Å². The van der Waals surface area contributed by atoms with Crippen molar-refractivity contribution in [3.05, 3.63) is 41.6 Å². The number of hydrogen-bond donors (Lipinski definition) is 0. The van der Waals surface area contributed by atoms with Gasteiger partial charge in [0.15, 0.2) is 0 Å². The summed E-state index contributed by atoms with van der Waals surface area (Å²) in [6.07, 6.45) is 4.73. The summed E-state index contributed by atoms with van der Waals surface area (Å²) in [5, 5.41) is 1.23. The summed E-state index contributed by atoms with van der Waals surface area (Å²) in [5.41, 5.74) is 2.21. The number of Topliss-reactive ketones (excluding diaryl/α,β-unsaturated/α-hetero) is 1. The third-order valence-corrected chi connectivity index (χ3v) is 6.16. The lowest BCUT2D eigenvalue weighted by Gasteiger charge is -2.27. The molecule has 2 aromatic heterocycles. The second kappa shape index (κ2) is 9.10. The Kier molecular flexibility index (Phi) is 6.28. The summed E-state index contributed by atoms with van der Waals surface area (Å²) < 4.78 is 17.1. The number of carbonyl (C=O) groups excluding carboxylic acids is 1. The van der Waals surface area contributed by atoms with E-state index in [0.717, 1.165) is 29.3 Å². The number of carbonyl (C=O) groups is 1. The number of halogens is 1. The van der Waals surface area contributed by atoms with Gasteiger partial charge in [-0.2, -0.15) is 0 Å². The Hall–Kier alpha value is -2.86. The number of methoxy groups -OCH3 is 2. The van der Waals surface area contributed by atoms with E-state index in [2.05, 4.69) is 4.98 Å². The smallest absolute Gasteiger partial charge is 0.223 e. The molecule has 1 aliphatic rings. The van der Waals surface area contributed by atoms with Crippen LogP contribution in [0.1, 0.15) is 32.6 Å². The number of rotatable bonds is 6. The fourth-order valence-corrected chi connectivity index (χ4v) is 4.29. The van der Waals surface area contributed by atoms with Crippen LogP contribution in [0.15, 0.2) is 36.5 Å². The van der Waals surface area contributed by atoms with Crippen LogP contribution in [0.25, 0.3) is 22.2 Å². The van der Waals surface area contributed by atoms with Crippen molar-refractivity contribution >= 4 is 28.3 Å². The van der Waals surface area contributed by atoms with Gasteiger partial charge in [-0.05, 0) is 50.1 Å². The highest BCUT2D eigenvalue weighted by molar-refractivity contribution is 6.33. The van der Waals surface area contributed by atoms with Gasteiger partial charge in [-0.1, -0.05) is 11.6 Å². The second-order valence-electron chi connectivity index (χ2n) is 7.80. The van der Waals surface area contributed by atoms with E-state index in [1.807, 2.05) is 37.3 Å². The first-order valence-corrected chi connectivity index (χ1v) is 10.7. The zero-order chi connectivity index (χ0) is 22.0. The Morgan fingerprint density at radius 2 is 1.90 bits per heavy atom. The van der Waals surface area contributed by atoms with Gasteiger partial charge in [-0.15, -0.1) is 0 Å². The van der Waals surface area contributed by atoms with Crippen LogP contribution in [0, 0.1) is 5.92 Å². The highest BCUT2D eigenvalue weighted by atomic mass is 35.5. The average Bonchev–Trinajstić information content (AvgIpc) is 2.79. The lowest BCUT2D eigenvalue weighted by molar-refractivity contribution is -0.122. The van der Waals surface area contributed by atoms with Crippen LogP contribution in [0.2, 0.25) is 5.02 Å². The third-order valence-electron chi connectivity index (χ3n) is 5.79. The van der Waals surface area contributed by atoms with Crippen molar-refractivity contribution in [1.82, 2.24) is 9.97 Å².